The summed E-state index contributed by atoms with van der Waals surface area (Å²) in [4.78, 5) is 28.3. The van der Waals surface area contributed by atoms with Crippen LogP contribution >= 0.6 is 0 Å². The largest absolute Gasteiger partial charge is 0.355 e. The van der Waals surface area contributed by atoms with Gasteiger partial charge in [-0.25, -0.2) is 12.8 Å². The lowest BCUT2D eigenvalue weighted by Crippen LogP contribution is -2.50. The number of halogens is 1. The number of anilines is 1. The number of amides is 2. The number of piperazine rings is 1. The number of carbonyl (C=O) groups excluding carboxylic acids is 2. The third-order valence-electron chi connectivity index (χ3n) is 5.47. The second kappa shape index (κ2) is 9.19. The van der Waals surface area contributed by atoms with E-state index < -0.39 is 21.8 Å². The van der Waals surface area contributed by atoms with Crippen LogP contribution in [0.25, 0.3) is 0 Å². The van der Waals surface area contributed by atoms with E-state index in [2.05, 4.69) is 10.2 Å². The van der Waals surface area contributed by atoms with E-state index in [1.165, 1.54) is 33.5 Å². The minimum Gasteiger partial charge on any atom is -0.355 e. The molecule has 0 aromatic heterocycles. The Labute approximate surface area is 170 Å². The summed E-state index contributed by atoms with van der Waals surface area (Å²) in [6, 6.07) is 5.53. The van der Waals surface area contributed by atoms with Crippen molar-refractivity contribution in [1.82, 2.24) is 14.5 Å². The van der Waals surface area contributed by atoms with Gasteiger partial charge in [0.05, 0.1) is 11.7 Å². The van der Waals surface area contributed by atoms with Crippen LogP contribution in [0, 0.1) is 11.7 Å². The van der Waals surface area contributed by atoms with Crippen LogP contribution in [0.3, 0.4) is 0 Å². The number of sulfonamides is 1. The van der Waals surface area contributed by atoms with Crippen molar-refractivity contribution < 1.29 is 22.4 Å². The second-order valence-corrected chi connectivity index (χ2v) is 9.41. The van der Waals surface area contributed by atoms with Crippen molar-refractivity contribution >= 4 is 27.5 Å². The predicted octanol–water partition coefficient (Wildman–Crippen LogP) is 0.262. The van der Waals surface area contributed by atoms with E-state index in [0.717, 1.165) is 6.54 Å². The fourth-order valence-electron chi connectivity index (χ4n) is 3.65. The van der Waals surface area contributed by atoms with Gasteiger partial charge in [0, 0.05) is 51.4 Å². The Morgan fingerprint density at radius 1 is 1.17 bits per heavy atom. The van der Waals surface area contributed by atoms with Crippen molar-refractivity contribution in [3.8, 4) is 0 Å². The highest BCUT2D eigenvalue weighted by Crippen LogP contribution is 2.25. The van der Waals surface area contributed by atoms with Crippen molar-refractivity contribution in [1.29, 1.82) is 0 Å². The van der Waals surface area contributed by atoms with Gasteiger partial charge in [0.1, 0.15) is 5.82 Å². The molecule has 2 heterocycles. The van der Waals surface area contributed by atoms with Crippen molar-refractivity contribution in [2.45, 2.75) is 13.3 Å². The minimum atomic E-state index is -3.42. The van der Waals surface area contributed by atoms with Gasteiger partial charge in [0.2, 0.25) is 21.8 Å². The fourth-order valence-corrected chi connectivity index (χ4v) is 4.99. The molecule has 1 aromatic rings. The molecule has 160 valence electrons. The Kier molecular flexibility index (Phi) is 6.86. The highest BCUT2D eigenvalue weighted by Gasteiger charge is 2.35. The van der Waals surface area contributed by atoms with E-state index in [4.69, 9.17) is 0 Å². The summed E-state index contributed by atoms with van der Waals surface area (Å²) in [7, 11) is -3.42. The Hall–Kier alpha value is -2.04. The van der Waals surface area contributed by atoms with Crippen LogP contribution in [0.5, 0.6) is 0 Å². The Balaban J connectivity index is 1.47. The molecule has 2 fully saturated rings. The molecular formula is C19H27FN4O4S. The predicted molar refractivity (Wildman–Crippen MR) is 107 cm³/mol. The highest BCUT2D eigenvalue weighted by atomic mass is 32.2. The monoisotopic (exact) mass is 426 g/mol. The van der Waals surface area contributed by atoms with E-state index in [1.807, 2.05) is 6.92 Å². The Bertz CT molecular complexity index is 838. The fraction of sp³-hybridized carbons (Fsp3) is 0.579. The Morgan fingerprint density at radius 3 is 2.45 bits per heavy atom. The van der Waals surface area contributed by atoms with Gasteiger partial charge in [-0.1, -0.05) is 6.92 Å². The van der Waals surface area contributed by atoms with Gasteiger partial charge in [0.15, 0.2) is 0 Å². The molecule has 10 heteroatoms. The molecule has 0 bridgehead atoms. The van der Waals surface area contributed by atoms with Crippen molar-refractivity contribution in [2.24, 2.45) is 5.92 Å². The molecule has 0 radical (unpaired) electrons. The first-order valence-corrected chi connectivity index (χ1v) is 11.4. The molecule has 8 nitrogen and oxygen atoms in total. The standard InChI is InChI=1S/C19H27FN4O4S/c1-2-22-8-10-23(11-9-22)29(27,28)12-7-21-19(26)15-13-18(25)24(14-15)17-5-3-16(20)4-6-17/h3-6,15H,2,7-14H2,1H3,(H,21,26). The number of nitrogens with one attached hydrogen (secondary N) is 1. The molecule has 29 heavy (non-hydrogen) atoms. The zero-order chi connectivity index (χ0) is 21.0. The van der Waals surface area contributed by atoms with Crippen LogP contribution in [-0.2, 0) is 19.6 Å². The van der Waals surface area contributed by atoms with Crippen LogP contribution < -0.4 is 10.2 Å². The molecule has 2 amide bonds. The molecule has 0 spiro atoms. The smallest absolute Gasteiger partial charge is 0.227 e. The third kappa shape index (κ3) is 5.31. The molecule has 1 unspecified atom stereocenters. The lowest BCUT2D eigenvalue weighted by atomic mass is 10.1. The number of likely N-dealkylation sites (N-methyl/N-ethyl adjacent to an activating group) is 1. The quantitative estimate of drug-likeness (QED) is 0.676. The highest BCUT2D eigenvalue weighted by molar-refractivity contribution is 7.89. The van der Waals surface area contributed by atoms with Gasteiger partial charge >= 0.3 is 0 Å². The minimum absolute atomic E-state index is 0.0103. The maximum Gasteiger partial charge on any atom is 0.227 e. The van der Waals surface area contributed by atoms with E-state index in [0.29, 0.717) is 31.9 Å². The number of nitrogens with zero attached hydrogens (tertiary/aromatic N) is 3. The first-order chi connectivity index (χ1) is 13.8. The van der Waals surface area contributed by atoms with Gasteiger partial charge in [-0.3, -0.25) is 9.59 Å². The number of hydrogen-bond acceptors (Lipinski definition) is 5. The van der Waals surface area contributed by atoms with Gasteiger partial charge in [-0.05, 0) is 30.8 Å². The summed E-state index contributed by atoms with van der Waals surface area (Å²) < 4.78 is 39.5. The van der Waals surface area contributed by atoms with E-state index in [9.17, 15) is 22.4 Å². The van der Waals surface area contributed by atoms with Crippen LogP contribution in [0.4, 0.5) is 10.1 Å². The number of carbonyl (C=O) groups is 2. The summed E-state index contributed by atoms with van der Waals surface area (Å²) in [5, 5.41) is 2.65. The summed E-state index contributed by atoms with van der Waals surface area (Å²) >= 11 is 0. The van der Waals surface area contributed by atoms with Gasteiger partial charge in [0.25, 0.3) is 0 Å². The van der Waals surface area contributed by atoms with Crippen LogP contribution in [0.1, 0.15) is 13.3 Å². The summed E-state index contributed by atoms with van der Waals surface area (Å²) in [5.41, 5.74) is 0.542. The van der Waals surface area contributed by atoms with Gasteiger partial charge in [-0.15, -0.1) is 0 Å². The second-order valence-electron chi connectivity index (χ2n) is 7.32. The molecule has 3 rings (SSSR count). The van der Waals surface area contributed by atoms with Crippen LogP contribution in [0.15, 0.2) is 24.3 Å². The summed E-state index contributed by atoms with van der Waals surface area (Å²) in [6.07, 6.45) is 0.0505. The van der Waals surface area contributed by atoms with Crippen molar-refractivity contribution in [3.05, 3.63) is 30.1 Å². The normalized spacial score (nSPS) is 21.5. The van der Waals surface area contributed by atoms with E-state index >= 15 is 0 Å². The van der Waals surface area contributed by atoms with E-state index in [-0.39, 0.29) is 37.1 Å². The van der Waals surface area contributed by atoms with Gasteiger partial charge < -0.3 is 15.1 Å². The molecule has 1 atom stereocenters. The lowest BCUT2D eigenvalue weighted by Gasteiger charge is -2.33. The molecule has 2 aliphatic rings. The molecule has 1 aromatic carbocycles. The van der Waals surface area contributed by atoms with Gasteiger partial charge in [-0.2, -0.15) is 4.31 Å². The average molecular weight is 427 g/mol. The SMILES string of the molecule is CCN1CCN(S(=O)(=O)CCNC(=O)C2CC(=O)N(c3ccc(F)cc3)C2)CC1. The Morgan fingerprint density at radius 2 is 1.83 bits per heavy atom. The first-order valence-electron chi connectivity index (χ1n) is 9.84. The maximum absolute atomic E-state index is 13.1. The third-order valence-corrected chi connectivity index (χ3v) is 7.34. The van der Waals surface area contributed by atoms with Crippen molar-refractivity contribution in [3.63, 3.8) is 0 Å². The lowest BCUT2D eigenvalue weighted by molar-refractivity contribution is -0.126. The van der Waals surface area contributed by atoms with Crippen molar-refractivity contribution in [2.75, 3.05) is 56.5 Å². The topological polar surface area (TPSA) is 90.0 Å². The molecule has 1 N–H and O–H groups in total. The molecule has 0 saturated carbocycles. The maximum atomic E-state index is 13.1. The summed E-state index contributed by atoms with van der Waals surface area (Å²) in [6.45, 7) is 5.51. The first kappa shape index (κ1) is 21.7. The average Bonchev–Trinajstić information content (AvgIpc) is 3.10. The zero-order valence-electron chi connectivity index (χ0n) is 16.5. The number of rotatable bonds is 7. The van der Waals surface area contributed by atoms with E-state index in [1.54, 1.807) is 0 Å². The number of benzene rings is 1. The molecule has 2 saturated heterocycles. The summed E-state index contributed by atoms with van der Waals surface area (Å²) in [5.74, 6) is -1.66. The molecule has 2 aliphatic heterocycles. The van der Waals surface area contributed by atoms with Crippen LogP contribution in [-0.4, -0.2) is 81.0 Å². The number of hydrogen-bond donors (Lipinski definition) is 1. The van der Waals surface area contributed by atoms with Crippen LogP contribution in [0.2, 0.25) is 0 Å². The molecule has 0 aliphatic carbocycles. The zero-order valence-corrected chi connectivity index (χ0v) is 17.3. The molecular weight excluding hydrogens is 399 g/mol.